The summed E-state index contributed by atoms with van der Waals surface area (Å²) in [6.45, 7) is 0.582. The molecule has 2 aromatic carbocycles. The standard InChI is InChI=1S/C24H28N2O2S/c1-28-18-12-10-17(11-13-18)21(22-15-25-23-9-5-4-8-20(22)23)14-26-24(27)16-29-19-6-2-3-7-19/h4-5,8-13,15,19,21,25H,2-3,6-7,14,16H2,1H3,(H,26,27)/t21-/m1/s1. The Morgan fingerprint density at radius 1 is 1.17 bits per heavy atom. The minimum atomic E-state index is 0.0810. The maximum atomic E-state index is 12.5. The zero-order valence-electron chi connectivity index (χ0n) is 16.8. The molecule has 1 amide bonds. The van der Waals surface area contributed by atoms with Gasteiger partial charge in [0.2, 0.25) is 5.91 Å². The summed E-state index contributed by atoms with van der Waals surface area (Å²) in [4.78, 5) is 15.9. The number of carbonyl (C=O) groups is 1. The van der Waals surface area contributed by atoms with E-state index in [1.807, 2.05) is 30.0 Å². The maximum Gasteiger partial charge on any atom is 0.230 e. The number of hydrogen-bond acceptors (Lipinski definition) is 3. The molecule has 1 atom stereocenters. The lowest BCUT2D eigenvalue weighted by molar-refractivity contribution is -0.118. The van der Waals surface area contributed by atoms with E-state index in [0.29, 0.717) is 17.5 Å². The van der Waals surface area contributed by atoms with Gasteiger partial charge in [-0.3, -0.25) is 4.79 Å². The van der Waals surface area contributed by atoms with Crippen LogP contribution in [-0.2, 0) is 4.79 Å². The fourth-order valence-electron chi connectivity index (χ4n) is 4.14. The number of benzene rings is 2. The monoisotopic (exact) mass is 408 g/mol. The lowest BCUT2D eigenvalue weighted by atomic mass is 9.91. The summed E-state index contributed by atoms with van der Waals surface area (Å²) in [6.07, 6.45) is 7.18. The van der Waals surface area contributed by atoms with Gasteiger partial charge in [0, 0.05) is 34.8 Å². The topological polar surface area (TPSA) is 54.1 Å². The molecule has 1 aliphatic rings. The average Bonchev–Trinajstić information content (AvgIpc) is 3.43. The van der Waals surface area contributed by atoms with Crippen molar-refractivity contribution < 1.29 is 9.53 Å². The molecule has 0 saturated heterocycles. The largest absolute Gasteiger partial charge is 0.497 e. The van der Waals surface area contributed by atoms with Gasteiger partial charge < -0.3 is 15.0 Å². The number of H-pyrrole nitrogens is 1. The zero-order valence-corrected chi connectivity index (χ0v) is 17.6. The maximum absolute atomic E-state index is 12.5. The predicted octanol–water partition coefficient (Wildman–Crippen LogP) is 5.10. The van der Waals surface area contributed by atoms with Crippen LogP contribution < -0.4 is 10.1 Å². The van der Waals surface area contributed by atoms with E-state index in [1.54, 1.807) is 7.11 Å². The van der Waals surface area contributed by atoms with Gasteiger partial charge >= 0.3 is 0 Å². The number of ether oxygens (including phenoxy) is 1. The molecule has 0 bridgehead atoms. The first kappa shape index (κ1) is 19.9. The van der Waals surface area contributed by atoms with Gasteiger partial charge in [-0.15, -0.1) is 11.8 Å². The second-order valence-electron chi connectivity index (χ2n) is 7.64. The molecule has 0 radical (unpaired) electrons. The van der Waals surface area contributed by atoms with E-state index in [4.69, 9.17) is 4.74 Å². The summed E-state index contributed by atoms with van der Waals surface area (Å²) in [5, 5.41) is 5.04. The third-order valence-corrected chi connectivity index (χ3v) is 7.14. The van der Waals surface area contributed by atoms with Crippen molar-refractivity contribution in [3.63, 3.8) is 0 Å². The summed E-state index contributed by atoms with van der Waals surface area (Å²) in [7, 11) is 1.67. The molecule has 1 aromatic heterocycles. The lowest BCUT2D eigenvalue weighted by Crippen LogP contribution is -2.30. The number of para-hydroxylation sites is 1. The van der Waals surface area contributed by atoms with E-state index in [-0.39, 0.29) is 11.8 Å². The molecule has 2 N–H and O–H groups in total. The van der Waals surface area contributed by atoms with Crippen LogP contribution in [-0.4, -0.2) is 35.5 Å². The molecule has 5 heteroatoms. The van der Waals surface area contributed by atoms with Gasteiger partial charge in [0.15, 0.2) is 0 Å². The minimum Gasteiger partial charge on any atom is -0.497 e. The number of carbonyl (C=O) groups excluding carboxylic acids is 1. The molecule has 0 unspecified atom stereocenters. The van der Waals surface area contributed by atoms with Gasteiger partial charge in [-0.2, -0.15) is 0 Å². The summed E-state index contributed by atoms with van der Waals surface area (Å²) in [5.74, 6) is 1.59. The number of fused-ring (bicyclic) bond motifs is 1. The highest BCUT2D eigenvalue weighted by Crippen LogP contribution is 2.32. The van der Waals surface area contributed by atoms with Crippen LogP contribution in [0.3, 0.4) is 0 Å². The van der Waals surface area contributed by atoms with Crippen LogP contribution in [0.5, 0.6) is 5.75 Å². The molecular weight excluding hydrogens is 380 g/mol. The van der Waals surface area contributed by atoms with Crippen molar-refractivity contribution in [3.8, 4) is 5.75 Å². The van der Waals surface area contributed by atoms with Crippen LogP contribution in [0.2, 0.25) is 0 Å². The minimum absolute atomic E-state index is 0.0810. The Morgan fingerprint density at radius 3 is 2.69 bits per heavy atom. The second-order valence-corrected chi connectivity index (χ2v) is 8.93. The third-order valence-electron chi connectivity index (χ3n) is 5.77. The third kappa shape index (κ3) is 4.78. The molecule has 0 spiro atoms. The van der Waals surface area contributed by atoms with Gasteiger partial charge in [0.05, 0.1) is 12.9 Å². The van der Waals surface area contributed by atoms with Crippen molar-refractivity contribution in [2.75, 3.05) is 19.4 Å². The Hall–Kier alpha value is -2.40. The number of nitrogens with one attached hydrogen (secondary N) is 2. The smallest absolute Gasteiger partial charge is 0.230 e. The SMILES string of the molecule is COc1ccc([C@@H](CNC(=O)CSC2CCCC2)c2c[nH]c3ccccc23)cc1. The van der Waals surface area contributed by atoms with Crippen LogP contribution >= 0.6 is 11.8 Å². The number of aromatic amines is 1. The normalized spacial score (nSPS) is 15.5. The molecular formula is C24H28N2O2S. The Bertz CT molecular complexity index is 945. The summed E-state index contributed by atoms with van der Waals surface area (Å²) in [5.41, 5.74) is 3.48. The number of amides is 1. The summed E-state index contributed by atoms with van der Waals surface area (Å²) < 4.78 is 5.31. The van der Waals surface area contributed by atoms with Gasteiger partial charge in [-0.05, 0) is 42.2 Å². The average molecular weight is 409 g/mol. The molecule has 3 aromatic rings. The highest BCUT2D eigenvalue weighted by molar-refractivity contribution is 8.00. The van der Waals surface area contributed by atoms with E-state index in [9.17, 15) is 4.79 Å². The van der Waals surface area contributed by atoms with Crippen molar-refractivity contribution >= 4 is 28.6 Å². The fraction of sp³-hybridized carbons (Fsp3) is 0.375. The van der Waals surface area contributed by atoms with E-state index < -0.39 is 0 Å². The first-order chi connectivity index (χ1) is 14.2. The van der Waals surface area contributed by atoms with Crippen LogP contribution in [0.15, 0.2) is 54.7 Å². The Labute approximate surface area is 176 Å². The van der Waals surface area contributed by atoms with Crippen molar-refractivity contribution in [2.45, 2.75) is 36.9 Å². The van der Waals surface area contributed by atoms with Gasteiger partial charge in [0.1, 0.15) is 5.75 Å². The molecule has 152 valence electrons. The second kappa shape index (κ2) is 9.40. The first-order valence-electron chi connectivity index (χ1n) is 10.3. The summed E-state index contributed by atoms with van der Waals surface area (Å²) in [6, 6.07) is 16.4. The Kier molecular flexibility index (Phi) is 6.45. The van der Waals surface area contributed by atoms with Crippen LogP contribution in [0, 0.1) is 0 Å². The Balaban J connectivity index is 1.50. The van der Waals surface area contributed by atoms with Crippen molar-refractivity contribution in [2.24, 2.45) is 0 Å². The van der Waals surface area contributed by atoms with Crippen molar-refractivity contribution in [1.82, 2.24) is 10.3 Å². The van der Waals surface area contributed by atoms with E-state index in [1.165, 1.54) is 42.2 Å². The highest BCUT2D eigenvalue weighted by Gasteiger charge is 2.20. The molecule has 1 fully saturated rings. The van der Waals surface area contributed by atoms with Crippen LogP contribution in [0.1, 0.15) is 42.7 Å². The van der Waals surface area contributed by atoms with E-state index in [2.05, 4.69) is 46.8 Å². The zero-order chi connectivity index (χ0) is 20.1. The number of hydrogen-bond donors (Lipinski definition) is 2. The molecule has 1 heterocycles. The fourth-order valence-corrected chi connectivity index (χ4v) is 5.30. The number of aromatic nitrogens is 1. The van der Waals surface area contributed by atoms with Crippen LogP contribution in [0.25, 0.3) is 10.9 Å². The molecule has 1 aliphatic carbocycles. The number of rotatable bonds is 8. The molecule has 29 heavy (non-hydrogen) atoms. The van der Waals surface area contributed by atoms with Gasteiger partial charge in [0.25, 0.3) is 0 Å². The number of methoxy groups -OCH3 is 1. The molecule has 4 rings (SSSR count). The highest BCUT2D eigenvalue weighted by atomic mass is 32.2. The molecule has 4 nitrogen and oxygen atoms in total. The Morgan fingerprint density at radius 2 is 1.93 bits per heavy atom. The molecule has 0 aliphatic heterocycles. The predicted molar refractivity (Wildman–Crippen MR) is 121 cm³/mol. The molecule has 1 saturated carbocycles. The first-order valence-corrected chi connectivity index (χ1v) is 11.4. The van der Waals surface area contributed by atoms with Crippen LogP contribution in [0.4, 0.5) is 0 Å². The van der Waals surface area contributed by atoms with E-state index in [0.717, 1.165) is 11.3 Å². The summed E-state index contributed by atoms with van der Waals surface area (Å²) >= 11 is 1.81. The lowest BCUT2D eigenvalue weighted by Gasteiger charge is -2.19. The number of thioether (sulfide) groups is 1. The van der Waals surface area contributed by atoms with Crippen molar-refractivity contribution in [1.29, 1.82) is 0 Å². The van der Waals surface area contributed by atoms with Crippen molar-refractivity contribution in [3.05, 3.63) is 65.9 Å². The van der Waals surface area contributed by atoms with Gasteiger partial charge in [-0.25, -0.2) is 0 Å². The van der Waals surface area contributed by atoms with E-state index >= 15 is 0 Å². The van der Waals surface area contributed by atoms with Gasteiger partial charge in [-0.1, -0.05) is 43.2 Å². The quantitative estimate of drug-likeness (QED) is 0.545.